The summed E-state index contributed by atoms with van der Waals surface area (Å²) < 4.78 is 3.56. The highest BCUT2D eigenvalue weighted by Gasteiger charge is 2.14. The van der Waals surface area contributed by atoms with E-state index in [2.05, 4.69) is 20.4 Å². The van der Waals surface area contributed by atoms with Crippen LogP contribution in [0.15, 0.2) is 67.1 Å². The number of amides is 1. The third kappa shape index (κ3) is 6.47. The third-order valence-electron chi connectivity index (χ3n) is 5.76. The van der Waals surface area contributed by atoms with E-state index in [0.717, 1.165) is 35.6 Å². The van der Waals surface area contributed by atoms with Crippen LogP contribution in [0.2, 0.25) is 5.02 Å². The van der Waals surface area contributed by atoms with Crippen molar-refractivity contribution in [2.75, 3.05) is 26.0 Å². The van der Waals surface area contributed by atoms with Crippen LogP contribution in [-0.2, 0) is 24.2 Å². The fraction of sp³-hybridized carbons (Fsp3) is 0.259. The van der Waals surface area contributed by atoms with Gasteiger partial charge in [0.2, 0.25) is 5.91 Å². The Morgan fingerprint density at radius 1 is 1.06 bits per heavy atom. The van der Waals surface area contributed by atoms with Crippen molar-refractivity contribution in [3.8, 4) is 5.69 Å². The molecule has 0 aliphatic rings. The summed E-state index contributed by atoms with van der Waals surface area (Å²) in [4.78, 5) is 27.6. The van der Waals surface area contributed by atoms with E-state index in [1.54, 1.807) is 41.3 Å². The second-order valence-electron chi connectivity index (χ2n) is 8.95. The molecular formula is C27H29ClN6O2. The lowest BCUT2D eigenvalue weighted by Gasteiger charge is -2.08. The Balaban J connectivity index is 1.41. The molecule has 0 aliphatic heterocycles. The van der Waals surface area contributed by atoms with Crippen molar-refractivity contribution in [3.05, 3.63) is 94.5 Å². The first-order valence-corrected chi connectivity index (χ1v) is 12.1. The molecule has 8 nitrogen and oxygen atoms in total. The molecule has 2 heterocycles. The number of hydrogen-bond donors (Lipinski definition) is 1. The Morgan fingerprint density at radius 3 is 2.64 bits per heavy atom. The Hall–Kier alpha value is -3.75. The predicted molar refractivity (Wildman–Crippen MR) is 141 cm³/mol. The quantitative estimate of drug-likeness (QED) is 0.327. The number of aromatic nitrogens is 4. The summed E-state index contributed by atoms with van der Waals surface area (Å²) in [6.45, 7) is 3.58. The lowest BCUT2D eigenvalue weighted by atomic mass is 10.0. The molecule has 0 spiro atoms. The minimum absolute atomic E-state index is 0.0126. The van der Waals surface area contributed by atoms with Gasteiger partial charge in [0.25, 0.3) is 0 Å². The summed E-state index contributed by atoms with van der Waals surface area (Å²) in [5, 5.41) is 12.2. The summed E-state index contributed by atoms with van der Waals surface area (Å²) >= 11 is 6.12. The van der Waals surface area contributed by atoms with E-state index < -0.39 is 0 Å². The molecule has 0 bridgehead atoms. The topological polar surface area (TPSA) is 85.0 Å². The molecule has 0 aliphatic carbocycles. The SMILES string of the molecule is Cc1nn(CCN(C)C)cc1CC(=O)c1cccc(-n2cc(CC(=O)Nc3ccccc3Cl)cn2)c1. The van der Waals surface area contributed by atoms with E-state index in [-0.39, 0.29) is 24.5 Å². The Morgan fingerprint density at radius 2 is 1.86 bits per heavy atom. The van der Waals surface area contributed by atoms with E-state index in [4.69, 9.17) is 11.6 Å². The summed E-state index contributed by atoms with van der Waals surface area (Å²) in [6.07, 6.45) is 5.82. The number of aryl methyl sites for hydroxylation is 1. The maximum absolute atomic E-state index is 13.0. The molecule has 0 saturated heterocycles. The molecule has 0 radical (unpaired) electrons. The van der Waals surface area contributed by atoms with Crippen LogP contribution in [0.25, 0.3) is 5.69 Å². The molecule has 36 heavy (non-hydrogen) atoms. The van der Waals surface area contributed by atoms with Crippen molar-refractivity contribution in [1.29, 1.82) is 0 Å². The number of nitrogens with one attached hydrogen (secondary N) is 1. The van der Waals surface area contributed by atoms with Gasteiger partial charge in [-0.15, -0.1) is 0 Å². The van der Waals surface area contributed by atoms with Crippen LogP contribution in [-0.4, -0.2) is 56.8 Å². The van der Waals surface area contributed by atoms with E-state index in [1.165, 1.54) is 0 Å². The fourth-order valence-electron chi connectivity index (χ4n) is 3.78. The van der Waals surface area contributed by atoms with Crippen LogP contribution >= 0.6 is 11.6 Å². The zero-order valence-electron chi connectivity index (χ0n) is 20.6. The van der Waals surface area contributed by atoms with Gasteiger partial charge in [0.1, 0.15) is 0 Å². The number of likely N-dealkylation sites (N-methyl/N-ethyl adjacent to an activating group) is 1. The van der Waals surface area contributed by atoms with Gasteiger partial charge in [-0.3, -0.25) is 14.3 Å². The van der Waals surface area contributed by atoms with Crippen molar-refractivity contribution >= 4 is 29.0 Å². The largest absolute Gasteiger partial charge is 0.324 e. The number of para-hydroxylation sites is 1. The predicted octanol–water partition coefficient (Wildman–Crippen LogP) is 4.20. The fourth-order valence-corrected chi connectivity index (χ4v) is 3.96. The van der Waals surface area contributed by atoms with E-state index >= 15 is 0 Å². The van der Waals surface area contributed by atoms with Gasteiger partial charge in [0.05, 0.1) is 41.3 Å². The van der Waals surface area contributed by atoms with Gasteiger partial charge in [0.15, 0.2) is 5.78 Å². The average molecular weight is 505 g/mol. The number of nitrogens with zero attached hydrogens (tertiary/aromatic N) is 5. The molecule has 4 rings (SSSR count). The molecule has 2 aromatic heterocycles. The number of anilines is 1. The van der Waals surface area contributed by atoms with Crippen LogP contribution in [0.4, 0.5) is 5.69 Å². The van der Waals surface area contributed by atoms with Crippen molar-refractivity contribution in [1.82, 2.24) is 24.5 Å². The van der Waals surface area contributed by atoms with Crippen LogP contribution in [0.5, 0.6) is 0 Å². The molecular weight excluding hydrogens is 476 g/mol. The van der Waals surface area contributed by atoms with E-state index in [9.17, 15) is 9.59 Å². The summed E-state index contributed by atoms with van der Waals surface area (Å²) in [6, 6.07) is 14.4. The summed E-state index contributed by atoms with van der Waals surface area (Å²) in [5.41, 5.74) is 4.46. The summed E-state index contributed by atoms with van der Waals surface area (Å²) in [7, 11) is 4.04. The highest BCUT2D eigenvalue weighted by Crippen LogP contribution is 2.21. The van der Waals surface area contributed by atoms with Crippen molar-refractivity contribution in [2.24, 2.45) is 0 Å². The third-order valence-corrected chi connectivity index (χ3v) is 6.09. The Labute approximate surface area is 215 Å². The molecule has 186 valence electrons. The molecule has 9 heteroatoms. The second-order valence-corrected chi connectivity index (χ2v) is 9.36. The lowest BCUT2D eigenvalue weighted by Crippen LogP contribution is -2.18. The van der Waals surface area contributed by atoms with Gasteiger partial charge in [0, 0.05) is 36.5 Å². The van der Waals surface area contributed by atoms with Crippen LogP contribution in [0.3, 0.4) is 0 Å². The number of halogens is 1. The maximum Gasteiger partial charge on any atom is 0.228 e. The normalized spacial score (nSPS) is 11.1. The van der Waals surface area contributed by atoms with E-state index in [1.807, 2.05) is 56.2 Å². The first kappa shape index (κ1) is 25.3. The number of carbonyl (C=O) groups excluding carboxylic acids is 2. The molecule has 1 amide bonds. The van der Waals surface area contributed by atoms with Gasteiger partial charge in [-0.2, -0.15) is 10.2 Å². The Kier molecular flexibility index (Phi) is 7.97. The highest BCUT2D eigenvalue weighted by molar-refractivity contribution is 6.33. The Bertz CT molecular complexity index is 1370. The number of hydrogen-bond acceptors (Lipinski definition) is 5. The number of Topliss-reactive ketones (excluding diaryl/α,β-unsaturated/α-hetero) is 1. The first-order chi connectivity index (χ1) is 17.3. The second kappa shape index (κ2) is 11.3. The average Bonchev–Trinajstić information content (AvgIpc) is 3.45. The molecule has 2 aromatic carbocycles. The molecule has 0 unspecified atom stereocenters. The van der Waals surface area contributed by atoms with Gasteiger partial charge in [-0.05, 0) is 50.8 Å². The maximum atomic E-state index is 13.0. The zero-order chi connectivity index (χ0) is 25.7. The van der Waals surface area contributed by atoms with Crippen molar-refractivity contribution < 1.29 is 9.59 Å². The van der Waals surface area contributed by atoms with Crippen LogP contribution in [0, 0.1) is 6.92 Å². The monoisotopic (exact) mass is 504 g/mol. The summed E-state index contributed by atoms with van der Waals surface area (Å²) in [5.74, 6) is -0.174. The van der Waals surface area contributed by atoms with Crippen LogP contribution < -0.4 is 5.32 Å². The van der Waals surface area contributed by atoms with Gasteiger partial charge in [-0.1, -0.05) is 35.9 Å². The smallest absolute Gasteiger partial charge is 0.228 e. The number of ketones is 1. The molecule has 0 fully saturated rings. The lowest BCUT2D eigenvalue weighted by molar-refractivity contribution is -0.115. The van der Waals surface area contributed by atoms with Crippen molar-refractivity contribution in [2.45, 2.75) is 26.3 Å². The number of benzene rings is 2. The zero-order valence-corrected chi connectivity index (χ0v) is 21.4. The van der Waals surface area contributed by atoms with Gasteiger partial charge in [-0.25, -0.2) is 4.68 Å². The van der Waals surface area contributed by atoms with Crippen molar-refractivity contribution in [3.63, 3.8) is 0 Å². The van der Waals surface area contributed by atoms with Crippen LogP contribution in [0.1, 0.15) is 27.2 Å². The molecule has 0 saturated carbocycles. The first-order valence-electron chi connectivity index (χ1n) is 11.7. The molecule has 1 N–H and O–H groups in total. The molecule has 0 atom stereocenters. The molecule has 4 aromatic rings. The highest BCUT2D eigenvalue weighted by atomic mass is 35.5. The van der Waals surface area contributed by atoms with Gasteiger partial charge >= 0.3 is 0 Å². The number of rotatable bonds is 10. The minimum atomic E-state index is -0.187. The van der Waals surface area contributed by atoms with Gasteiger partial charge < -0.3 is 10.2 Å². The van der Waals surface area contributed by atoms with E-state index in [0.29, 0.717) is 16.3 Å². The standard InChI is InChI=1S/C27H29ClN6O2/c1-19-22(18-33(31-19)12-11-32(2)3)15-26(35)21-7-6-8-23(14-21)34-17-20(16-29-34)13-27(36)30-25-10-5-4-9-24(25)28/h4-10,14,16-18H,11-13,15H2,1-3H3,(H,30,36). The minimum Gasteiger partial charge on any atom is -0.324 e. The number of carbonyl (C=O) groups is 2.